The van der Waals surface area contributed by atoms with Crippen LogP contribution in [0.25, 0.3) is 0 Å². The molecule has 122 valence electrons. The van der Waals surface area contributed by atoms with E-state index < -0.39 is 17.6 Å². The summed E-state index contributed by atoms with van der Waals surface area (Å²) >= 11 is 0. The lowest BCUT2D eigenvalue weighted by molar-refractivity contribution is -0.0241. The third kappa shape index (κ3) is 4.89. The fraction of sp³-hybridized carbons (Fsp3) is 0.533. The van der Waals surface area contributed by atoms with E-state index in [0.29, 0.717) is 12.8 Å². The molecule has 0 spiro atoms. The van der Waals surface area contributed by atoms with E-state index >= 15 is 0 Å². The maximum atomic E-state index is 13.5. The third-order valence-electron chi connectivity index (χ3n) is 3.70. The van der Waals surface area contributed by atoms with Crippen LogP contribution < -0.4 is 11.1 Å². The molecule has 1 atom stereocenters. The van der Waals surface area contributed by atoms with Gasteiger partial charge in [-0.3, -0.25) is 4.99 Å². The quantitative estimate of drug-likeness (QED) is 0.384. The van der Waals surface area contributed by atoms with Crippen molar-refractivity contribution in [2.24, 2.45) is 16.6 Å². The first-order chi connectivity index (χ1) is 10.4. The fourth-order valence-corrected chi connectivity index (χ4v) is 2.60. The van der Waals surface area contributed by atoms with Gasteiger partial charge in [-0.1, -0.05) is 6.42 Å². The summed E-state index contributed by atoms with van der Waals surface area (Å²) in [7, 11) is 0. The number of aliphatic imine (C=N–C) groups is 1. The smallest absolute Gasteiger partial charge is 0.248 e. The Balaban J connectivity index is 1.96. The van der Waals surface area contributed by atoms with E-state index in [0.717, 1.165) is 24.6 Å². The van der Waals surface area contributed by atoms with Gasteiger partial charge in [-0.15, -0.1) is 0 Å². The van der Waals surface area contributed by atoms with Crippen molar-refractivity contribution < 1.29 is 17.6 Å². The van der Waals surface area contributed by atoms with Crippen LogP contribution in [0.3, 0.4) is 0 Å². The van der Waals surface area contributed by atoms with Crippen LogP contribution in [0.1, 0.15) is 32.1 Å². The van der Waals surface area contributed by atoms with Crippen molar-refractivity contribution in [1.29, 1.82) is 0 Å². The first kappa shape index (κ1) is 16.6. The highest BCUT2D eigenvalue weighted by Crippen LogP contribution is 2.35. The minimum Gasteiger partial charge on any atom is -0.370 e. The summed E-state index contributed by atoms with van der Waals surface area (Å²) < 4.78 is 53.5. The number of benzene rings is 1. The Kier molecular flexibility index (Phi) is 5.26. The van der Waals surface area contributed by atoms with Gasteiger partial charge in [0.05, 0.1) is 5.69 Å². The standard InChI is InChI=1S/C15H19F4N3/c16-11-4-5-12(17)13(7-11)22-14(20)21-9-10-3-1-2-6-15(18,19)8-10/h4-5,7,10H,1-3,6,8-9H2,(H3,20,21,22). The van der Waals surface area contributed by atoms with Gasteiger partial charge in [0.25, 0.3) is 0 Å². The average molecular weight is 317 g/mol. The number of hydrogen-bond donors (Lipinski definition) is 2. The zero-order valence-electron chi connectivity index (χ0n) is 12.1. The molecule has 0 radical (unpaired) electrons. The molecule has 1 aromatic carbocycles. The van der Waals surface area contributed by atoms with Gasteiger partial charge in [-0.2, -0.15) is 0 Å². The Hall–Kier alpha value is -1.79. The molecule has 3 N–H and O–H groups in total. The van der Waals surface area contributed by atoms with E-state index in [1.165, 1.54) is 0 Å². The van der Waals surface area contributed by atoms with E-state index in [1.54, 1.807) is 0 Å². The molecule has 0 bridgehead atoms. The molecule has 3 nitrogen and oxygen atoms in total. The Morgan fingerprint density at radius 3 is 2.86 bits per heavy atom. The van der Waals surface area contributed by atoms with Crippen molar-refractivity contribution in [3.05, 3.63) is 29.8 Å². The van der Waals surface area contributed by atoms with Gasteiger partial charge in [0.1, 0.15) is 11.6 Å². The van der Waals surface area contributed by atoms with Crippen LogP contribution in [-0.4, -0.2) is 18.4 Å². The van der Waals surface area contributed by atoms with Crippen LogP contribution in [0.2, 0.25) is 0 Å². The third-order valence-corrected chi connectivity index (χ3v) is 3.70. The zero-order chi connectivity index (χ0) is 16.2. The highest BCUT2D eigenvalue weighted by molar-refractivity contribution is 5.92. The fourth-order valence-electron chi connectivity index (χ4n) is 2.60. The Morgan fingerprint density at radius 1 is 1.32 bits per heavy atom. The van der Waals surface area contributed by atoms with E-state index in [1.807, 2.05) is 0 Å². The largest absolute Gasteiger partial charge is 0.370 e. The summed E-state index contributed by atoms with van der Waals surface area (Å²) in [5, 5.41) is 2.45. The van der Waals surface area contributed by atoms with Crippen LogP contribution in [0.4, 0.5) is 23.2 Å². The second-order valence-electron chi connectivity index (χ2n) is 5.65. The minimum absolute atomic E-state index is 0.0878. The molecule has 1 saturated carbocycles. The molecule has 1 aromatic rings. The van der Waals surface area contributed by atoms with Crippen molar-refractivity contribution >= 4 is 11.6 Å². The predicted octanol–water partition coefficient (Wildman–Crippen LogP) is 3.91. The van der Waals surface area contributed by atoms with Crippen molar-refractivity contribution in [2.45, 2.75) is 38.0 Å². The lowest BCUT2D eigenvalue weighted by Crippen LogP contribution is -2.25. The van der Waals surface area contributed by atoms with Crippen LogP contribution in [0, 0.1) is 17.6 Å². The highest BCUT2D eigenvalue weighted by atomic mass is 19.3. The molecule has 0 saturated heterocycles. The highest BCUT2D eigenvalue weighted by Gasteiger charge is 2.34. The monoisotopic (exact) mass is 317 g/mol. The number of guanidine groups is 1. The molecule has 0 aromatic heterocycles. The van der Waals surface area contributed by atoms with Crippen molar-refractivity contribution in [3.8, 4) is 0 Å². The average Bonchev–Trinajstić information content (AvgIpc) is 2.61. The summed E-state index contributed by atoms with van der Waals surface area (Å²) in [5.74, 6) is -4.30. The molecule has 0 amide bonds. The summed E-state index contributed by atoms with van der Waals surface area (Å²) in [5.41, 5.74) is 5.48. The number of halogens is 4. The predicted molar refractivity (Wildman–Crippen MR) is 78.0 cm³/mol. The molecule has 22 heavy (non-hydrogen) atoms. The van der Waals surface area contributed by atoms with Gasteiger partial charge in [-0.25, -0.2) is 17.6 Å². The van der Waals surface area contributed by atoms with Crippen LogP contribution >= 0.6 is 0 Å². The molecule has 0 heterocycles. The maximum Gasteiger partial charge on any atom is 0.248 e. The molecule has 1 fully saturated rings. The number of anilines is 1. The summed E-state index contributed by atoms with van der Waals surface area (Å²) in [6.07, 6.45) is 1.62. The zero-order valence-corrected chi connectivity index (χ0v) is 12.1. The van der Waals surface area contributed by atoms with E-state index in [4.69, 9.17) is 5.73 Å². The molecule has 1 aliphatic carbocycles. The minimum atomic E-state index is -2.66. The number of alkyl halides is 2. The molecular formula is C15H19F4N3. The Bertz CT molecular complexity index is 546. The van der Waals surface area contributed by atoms with Gasteiger partial charge < -0.3 is 11.1 Å². The molecule has 2 rings (SSSR count). The van der Waals surface area contributed by atoms with Gasteiger partial charge in [0, 0.05) is 25.5 Å². The second-order valence-corrected chi connectivity index (χ2v) is 5.65. The normalized spacial score (nSPS) is 22.2. The number of nitrogens with zero attached hydrogens (tertiary/aromatic N) is 1. The molecule has 7 heteroatoms. The molecule has 0 aliphatic heterocycles. The van der Waals surface area contributed by atoms with Gasteiger partial charge in [0.15, 0.2) is 5.96 Å². The number of hydrogen-bond acceptors (Lipinski definition) is 1. The summed E-state index contributed by atoms with van der Waals surface area (Å²) in [6.45, 7) is 0.144. The van der Waals surface area contributed by atoms with Crippen LogP contribution in [0.5, 0.6) is 0 Å². The molecular weight excluding hydrogens is 298 g/mol. The van der Waals surface area contributed by atoms with E-state index in [2.05, 4.69) is 10.3 Å². The van der Waals surface area contributed by atoms with Gasteiger partial charge >= 0.3 is 0 Å². The van der Waals surface area contributed by atoms with Gasteiger partial charge in [0.2, 0.25) is 5.92 Å². The van der Waals surface area contributed by atoms with E-state index in [-0.39, 0.29) is 37.0 Å². The van der Waals surface area contributed by atoms with Crippen molar-refractivity contribution in [2.75, 3.05) is 11.9 Å². The Morgan fingerprint density at radius 2 is 2.09 bits per heavy atom. The molecule has 1 aliphatic rings. The summed E-state index contributed by atoms with van der Waals surface area (Å²) in [4.78, 5) is 3.98. The lowest BCUT2D eigenvalue weighted by atomic mass is 9.99. The number of nitrogens with one attached hydrogen (secondary N) is 1. The lowest BCUT2D eigenvalue weighted by Gasteiger charge is -2.18. The number of nitrogens with two attached hydrogens (primary N) is 1. The van der Waals surface area contributed by atoms with Crippen molar-refractivity contribution in [1.82, 2.24) is 0 Å². The topological polar surface area (TPSA) is 50.4 Å². The van der Waals surface area contributed by atoms with E-state index in [9.17, 15) is 17.6 Å². The second kappa shape index (κ2) is 6.98. The van der Waals surface area contributed by atoms with Crippen LogP contribution in [-0.2, 0) is 0 Å². The summed E-state index contributed by atoms with van der Waals surface area (Å²) in [6, 6.07) is 2.91. The van der Waals surface area contributed by atoms with Gasteiger partial charge in [-0.05, 0) is 30.9 Å². The maximum absolute atomic E-state index is 13.5. The van der Waals surface area contributed by atoms with Crippen LogP contribution in [0.15, 0.2) is 23.2 Å². The Labute approximate surface area is 126 Å². The number of rotatable bonds is 3. The first-order valence-electron chi connectivity index (χ1n) is 7.25. The van der Waals surface area contributed by atoms with Crippen molar-refractivity contribution in [3.63, 3.8) is 0 Å². The SMILES string of the molecule is NC(=NCC1CCCCC(F)(F)C1)Nc1cc(F)ccc1F. The molecule has 1 unspecified atom stereocenters. The first-order valence-corrected chi connectivity index (χ1v) is 7.25.